The standard InChI is InChI=1S/C20H23N3O4S/c1-14(27-17-10-8-15(13-21)9-11-17)19(24)22-16-6-5-7-18(12-16)28(25,26)23-20(2,3)4/h5-12,14,23H,1-4H3,(H,22,24)/t14-/m1/s1. The van der Waals surface area contributed by atoms with Crippen LogP contribution in [0, 0.1) is 11.3 Å². The summed E-state index contributed by atoms with van der Waals surface area (Å²) >= 11 is 0. The fourth-order valence-electron chi connectivity index (χ4n) is 2.31. The molecule has 28 heavy (non-hydrogen) atoms. The van der Waals surface area contributed by atoms with Gasteiger partial charge in [-0.05, 0) is 70.2 Å². The summed E-state index contributed by atoms with van der Waals surface area (Å²) < 4.78 is 33.0. The first-order valence-electron chi connectivity index (χ1n) is 8.62. The Balaban J connectivity index is 2.08. The molecule has 0 bridgehead atoms. The van der Waals surface area contributed by atoms with E-state index in [0.29, 0.717) is 17.0 Å². The van der Waals surface area contributed by atoms with Gasteiger partial charge in [-0.2, -0.15) is 5.26 Å². The summed E-state index contributed by atoms with van der Waals surface area (Å²) in [5.41, 5.74) is 0.213. The van der Waals surface area contributed by atoms with Crippen molar-refractivity contribution >= 4 is 21.6 Å². The molecular formula is C20H23N3O4S. The SMILES string of the molecule is C[C@@H](Oc1ccc(C#N)cc1)C(=O)Nc1cccc(S(=O)(=O)NC(C)(C)C)c1. The topological polar surface area (TPSA) is 108 Å². The molecule has 0 radical (unpaired) electrons. The fourth-order valence-corrected chi connectivity index (χ4v) is 3.78. The Labute approximate surface area is 165 Å². The molecule has 0 aromatic heterocycles. The van der Waals surface area contributed by atoms with Crippen LogP contribution in [0.5, 0.6) is 5.75 Å². The van der Waals surface area contributed by atoms with Crippen LogP contribution < -0.4 is 14.8 Å². The second kappa shape index (κ2) is 8.42. The van der Waals surface area contributed by atoms with E-state index in [2.05, 4.69) is 10.0 Å². The Morgan fingerprint density at radius 2 is 1.79 bits per heavy atom. The van der Waals surface area contributed by atoms with E-state index < -0.39 is 27.6 Å². The van der Waals surface area contributed by atoms with Gasteiger partial charge in [0.2, 0.25) is 10.0 Å². The van der Waals surface area contributed by atoms with Gasteiger partial charge < -0.3 is 10.1 Å². The summed E-state index contributed by atoms with van der Waals surface area (Å²) in [5, 5.41) is 11.5. The van der Waals surface area contributed by atoms with E-state index in [0.717, 1.165) is 0 Å². The predicted octanol–water partition coefficient (Wildman–Crippen LogP) is 3.04. The van der Waals surface area contributed by atoms with Crippen LogP contribution in [0.15, 0.2) is 53.4 Å². The van der Waals surface area contributed by atoms with Gasteiger partial charge in [0.25, 0.3) is 5.91 Å². The van der Waals surface area contributed by atoms with Gasteiger partial charge in [0.05, 0.1) is 16.5 Å². The number of nitrogens with zero attached hydrogens (tertiary/aromatic N) is 1. The van der Waals surface area contributed by atoms with Crippen molar-refractivity contribution in [2.45, 2.75) is 44.2 Å². The number of nitrogens with one attached hydrogen (secondary N) is 2. The van der Waals surface area contributed by atoms with Crippen molar-refractivity contribution < 1.29 is 17.9 Å². The average Bonchev–Trinajstić information content (AvgIpc) is 2.60. The predicted molar refractivity (Wildman–Crippen MR) is 106 cm³/mol. The number of nitriles is 1. The van der Waals surface area contributed by atoms with E-state index in [1.807, 2.05) is 6.07 Å². The summed E-state index contributed by atoms with van der Waals surface area (Å²) in [6.07, 6.45) is -0.819. The number of hydrogen-bond acceptors (Lipinski definition) is 5. The lowest BCUT2D eigenvalue weighted by Crippen LogP contribution is -2.40. The van der Waals surface area contributed by atoms with Gasteiger partial charge >= 0.3 is 0 Å². The molecule has 2 aromatic rings. The summed E-state index contributed by atoms with van der Waals surface area (Å²) in [5.74, 6) is 0.0232. The quantitative estimate of drug-likeness (QED) is 0.773. The number of amides is 1. The molecule has 0 aliphatic rings. The first kappa shape index (κ1) is 21.4. The van der Waals surface area contributed by atoms with Crippen LogP contribution in [0.4, 0.5) is 5.69 Å². The molecule has 0 aliphatic carbocycles. The Morgan fingerprint density at radius 1 is 1.14 bits per heavy atom. The molecule has 1 atom stereocenters. The van der Waals surface area contributed by atoms with E-state index in [4.69, 9.17) is 10.00 Å². The van der Waals surface area contributed by atoms with Gasteiger partial charge in [-0.1, -0.05) is 6.07 Å². The van der Waals surface area contributed by atoms with Crippen LogP contribution in [-0.4, -0.2) is 26.0 Å². The molecule has 2 rings (SSSR count). The molecule has 0 saturated carbocycles. The monoisotopic (exact) mass is 401 g/mol. The number of carbonyl (C=O) groups is 1. The highest BCUT2D eigenvalue weighted by Gasteiger charge is 2.22. The number of hydrogen-bond donors (Lipinski definition) is 2. The van der Waals surface area contributed by atoms with E-state index in [1.165, 1.54) is 12.1 Å². The van der Waals surface area contributed by atoms with Gasteiger partial charge in [-0.25, -0.2) is 13.1 Å². The zero-order valence-corrected chi connectivity index (χ0v) is 17.0. The Kier molecular flexibility index (Phi) is 6.44. The van der Waals surface area contributed by atoms with Crippen LogP contribution >= 0.6 is 0 Å². The van der Waals surface area contributed by atoms with Gasteiger partial charge in [0.15, 0.2) is 6.10 Å². The molecule has 0 fully saturated rings. The minimum absolute atomic E-state index is 0.0564. The van der Waals surface area contributed by atoms with Crippen molar-refractivity contribution in [1.29, 1.82) is 5.26 Å². The number of carbonyl (C=O) groups excluding carboxylic acids is 1. The highest BCUT2D eigenvalue weighted by Crippen LogP contribution is 2.19. The maximum absolute atomic E-state index is 12.4. The zero-order chi connectivity index (χ0) is 20.9. The average molecular weight is 401 g/mol. The second-order valence-corrected chi connectivity index (χ2v) is 8.95. The summed E-state index contributed by atoms with van der Waals surface area (Å²) in [6.45, 7) is 6.82. The minimum Gasteiger partial charge on any atom is -0.481 e. The molecular weight excluding hydrogens is 378 g/mol. The lowest BCUT2D eigenvalue weighted by Gasteiger charge is -2.20. The first-order chi connectivity index (χ1) is 13.0. The van der Waals surface area contributed by atoms with Crippen molar-refractivity contribution in [3.63, 3.8) is 0 Å². The van der Waals surface area contributed by atoms with Crippen LogP contribution in [-0.2, 0) is 14.8 Å². The molecule has 2 aromatic carbocycles. The van der Waals surface area contributed by atoms with E-state index in [-0.39, 0.29) is 4.90 Å². The Hall–Kier alpha value is -2.89. The maximum Gasteiger partial charge on any atom is 0.265 e. The number of rotatable bonds is 6. The third-order valence-electron chi connectivity index (χ3n) is 3.52. The second-order valence-electron chi connectivity index (χ2n) is 7.27. The van der Waals surface area contributed by atoms with Crippen LogP contribution in [0.3, 0.4) is 0 Å². The molecule has 0 heterocycles. The largest absolute Gasteiger partial charge is 0.481 e. The van der Waals surface area contributed by atoms with Gasteiger partial charge in [-0.15, -0.1) is 0 Å². The van der Waals surface area contributed by atoms with E-state index in [1.54, 1.807) is 64.1 Å². The Morgan fingerprint density at radius 3 is 2.36 bits per heavy atom. The van der Waals surface area contributed by atoms with Gasteiger partial charge in [-0.3, -0.25) is 4.79 Å². The van der Waals surface area contributed by atoms with E-state index >= 15 is 0 Å². The number of benzene rings is 2. The summed E-state index contributed by atoms with van der Waals surface area (Å²) in [7, 11) is -3.71. The highest BCUT2D eigenvalue weighted by molar-refractivity contribution is 7.89. The van der Waals surface area contributed by atoms with Crippen molar-refractivity contribution in [2.24, 2.45) is 0 Å². The minimum atomic E-state index is -3.71. The third kappa shape index (κ3) is 6.08. The van der Waals surface area contributed by atoms with Crippen molar-refractivity contribution in [1.82, 2.24) is 4.72 Å². The van der Waals surface area contributed by atoms with Crippen LogP contribution in [0.1, 0.15) is 33.3 Å². The number of ether oxygens (including phenoxy) is 1. The molecule has 2 N–H and O–H groups in total. The smallest absolute Gasteiger partial charge is 0.265 e. The maximum atomic E-state index is 12.4. The van der Waals surface area contributed by atoms with E-state index in [9.17, 15) is 13.2 Å². The lowest BCUT2D eigenvalue weighted by molar-refractivity contribution is -0.122. The number of anilines is 1. The zero-order valence-electron chi connectivity index (χ0n) is 16.2. The molecule has 0 spiro atoms. The van der Waals surface area contributed by atoms with Crippen molar-refractivity contribution in [3.05, 3.63) is 54.1 Å². The van der Waals surface area contributed by atoms with Gasteiger partial charge in [0.1, 0.15) is 5.75 Å². The first-order valence-corrected chi connectivity index (χ1v) is 10.1. The molecule has 8 heteroatoms. The van der Waals surface area contributed by atoms with Crippen LogP contribution in [0.2, 0.25) is 0 Å². The fraction of sp³-hybridized carbons (Fsp3) is 0.300. The molecule has 7 nitrogen and oxygen atoms in total. The molecule has 0 saturated heterocycles. The molecule has 1 amide bonds. The lowest BCUT2D eigenvalue weighted by atomic mass is 10.1. The third-order valence-corrected chi connectivity index (χ3v) is 5.27. The highest BCUT2D eigenvalue weighted by atomic mass is 32.2. The summed E-state index contributed by atoms with van der Waals surface area (Å²) in [4.78, 5) is 12.4. The van der Waals surface area contributed by atoms with Crippen molar-refractivity contribution in [3.8, 4) is 11.8 Å². The Bertz CT molecular complexity index is 987. The molecule has 148 valence electrons. The normalized spacial score (nSPS) is 12.7. The van der Waals surface area contributed by atoms with Gasteiger partial charge in [0, 0.05) is 11.2 Å². The molecule has 0 aliphatic heterocycles. The van der Waals surface area contributed by atoms with Crippen molar-refractivity contribution in [2.75, 3.05) is 5.32 Å². The number of sulfonamides is 1. The molecule has 0 unspecified atom stereocenters. The van der Waals surface area contributed by atoms with Crippen LogP contribution in [0.25, 0.3) is 0 Å². The summed E-state index contributed by atoms with van der Waals surface area (Å²) in [6, 6.07) is 14.4.